The van der Waals surface area contributed by atoms with Crippen LogP contribution >= 0.6 is 15.6 Å². The molecule has 0 fully saturated rings. The van der Waals surface area contributed by atoms with Crippen LogP contribution in [-0.2, 0) is 41.8 Å². The molecule has 0 saturated heterocycles. The summed E-state index contributed by atoms with van der Waals surface area (Å²) in [5, 5.41) is 19.8. The minimum Gasteiger partial charge on any atom is -0.462 e. The third-order valence-corrected chi connectivity index (χ3v) is 10.5. The number of rotatable bonds is 42. The Bertz CT molecular complexity index is 1510. The van der Waals surface area contributed by atoms with Gasteiger partial charge in [0.05, 0.1) is 25.9 Å². The lowest BCUT2D eigenvalue weighted by Gasteiger charge is -2.20. The maximum atomic E-state index is 12.7. The Hall–Kier alpha value is -3.00. The average Bonchev–Trinajstić information content (AvgIpc) is 3.25. The molecule has 0 aromatic heterocycles. The van der Waals surface area contributed by atoms with Crippen molar-refractivity contribution in [3.63, 3.8) is 0 Å². The number of aliphatic hydroxyl groups excluding tert-OH is 2. The van der Waals surface area contributed by atoms with Crippen LogP contribution in [0.5, 0.6) is 0 Å². The first kappa shape index (κ1) is 61.0. The van der Waals surface area contributed by atoms with E-state index in [1.807, 2.05) is 36.5 Å². The largest absolute Gasteiger partial charge is 0.472 e. The summed E-state index contributed by atoms with van der Waals surface area (Å²) in [5.41, 5.74) is 0. The summed E-state index contributed by atoms with van der Waals surface area (Å²) in [5.74, 6) is -1.18. The molecular weight excluding hydrogens is 862 g/mol. The van der Waals surface area contributed by atoms with Gasteiger partial charge in [-0.3, -0.25) is 23.2 Å². The number of phosphoric ester groups is 2. The average molecular weight is 943 g/mol. The van der Waals surface area contributed by atoms with Gasteiger partial charge in [-0.15, -0.1) is 0 Å². The number of unbranched alkanes of at least 4 members (excludes halogenated alkanes) is 10. The van der Waals surface area contributed by atoms with E-state index in [2.05, 4.69) is 77.6 Å². The minimum atomic E-state index is -4.89. The third kappa shape index (κ3) is 45.6. The topological polar surface area (TPSA) is 216 Å². The number of carbonyl (C=O) groups is 2. The molecule has 1 unspecified atom stereocenters. The van der Waals surface area contributed by atoms with Crippen LogP contribution in [0.15, 0.2) is 97.2 Å². The smallest absolute Gasteiger partial charge is 0.462 e. The summed E-state index contributed by atoms with van der Waals surface area (Å²) in [6.45, 7) is 1.50. The fraction of sp³-hybridized carbons (Fsp3) is 0.625. The lowest BCUT2D eigenvalue weighted by molar-refractivity contribution is -0.161. The van der Waals surface area contributed by atoms with E-state index >= 15 is 0 Å². The zero-order valence-corrected chi connectivity index (χ0v) is 40.2. The van der Waals surface area contributed by atoms with Gasteiger partial charge in [-0.1, -0.05) is 143 Å². The number of aliphatic hydroxyl groups is 2. The number of phosphoric acid groups is 2. The van der Waals surface area contributed by atoms with Crippen molar-refractivity contribution in [1.82, 2.24) is 0 Å². The molecule has 0 aliphatic rings. The van der Waals surface area contributed by atoms with Gasteiger partial charge in [-0.2, -0.15) is 0 Å². The number of ether oxygens (including phenoxy) is 2. The second-order valence-electron chi connectivity index (χ2n) is 15.2. The van der Waals surface area contributed by atoms with E-state index in [0.29, 0.717) is 32.1 Å². The molecule has 0 spiro atoms. The molecule has 0 rings (SSSR count). The van der Waals surface area contributed by atoms with Crippen LogP contribution in [0.25, 0.3) is 0 Å². The highest BCUT2D eigenvalue weighted by molar-refractivity contribution is 7.47. The zero-order valence-electron chi connectivity index (χ0n) is 38.5. The molecule has 64 heavy (non-hydrogen) atoms. The SMILES string of the molecule is CCCCC/C=C\C/C=C\C/C=C\C/C=C\CCCCCC(=O)OC[C@H](COP(=O)(O)OC[C@@H](O)COP(=O)(O)O)OC(=O)CCC/C=C\C/C=C\C=C\[C@@H](O)C/C=C\CCCCC. The molecule has 0 amide bonds. The van der Waals surface area contributed by atoms with Crippen LogP contribution < -0.4 is 0 Å². The van der Waals surface area contributed by atoms with E-state index in [1.165, 1.54) is 38.5 Å². The highest BCUT2D eigenvalue weighted by Crippen LogP contribution is 2.43. The van der Waals surface area contributed by atoms with E-state index in [1.54, 1.807) is 6.08 Å². The molecule has 0 aliphatic carbocycles. The second kappa shape index (κ2) is 42.6. The van der Waals surface area contributed by atoms with Crippen molar-refractivity contribution < 1.29 is 66.7 Å². The number of hydrogen-bond acceptors (Lipinski definition) is 11. The molecule has 16 heteroatoms. The number of carbonyl (C=O) groups excluding carboxylic acids is 2. The van der Waals surface area contributed by atoms with Crippen LogP contribution in [-0.4, -0.2) is 81.6 Å². The quantitative estimate of drug-likeness (QED) is 0.0127. The summed E-state index contributed by atoms with van der Waals surface area (Å²) in [4.78, 5) is 52.7. The molecular formula is C48H80O14P2. The molecule has 0 heterocycles. The van der Waals surface area contributed by atoms with Gasteiger partial charge in [0.2, 0.25) is 0 Å². The van der Waals surface area contributed by atoms with Crippen molar-refractivity contribution >= 4 is 27.6 Å². The monoisotopic (exact) mass is 943 g/mol. The van der Waals surface area contributed by atoms with Crippen LogP contribution in [0.2, 0.25) is 0 Å². The predicted molar refractivity (Wildman–Crippen MR) is 254 cm³/mol. The van der Waals surface area contributed by atoms with Gasteiger partial charge < -0.3 is 34.4 Å². The van der Waals surface area contributed by atoms with Gasteiger partial charge in [0.15, 0.2) is 6.10 Å². The van der Waals surface area contributed by atoms with Gasteiger partial charge in [0.25, 0.3) is 0 Å². The summed E-state index contributed by atoms with van der Waals surface area (Å²) in [7, 11) is -9.74. The van der Waals surface area contributed by atoms with Crippen LogP contribution in [0.4, 0.5) is 0 Å². The molecule has 5 N–H and O–H groups in total. The fourth-order valence-corrected chi connectivity index (χ4v) is 6.62. The van der Waals surface area contributed by atoms with Gasteiger partial charge in [-0.25, -0.2) is 9.13 Å². The zero-order chi connectivity index (χ0) is 47.4. The molecule has 366 valence electrons. The number of esters is 2. The molecule has 0 bridgehead atoms. The van der Waals surface area contributed by atoms with Gasteiger partial charge >= 0.3 is 27.6 Å². The van der Waals surface area contributed by atoms with Crippen molar-refractivity contribution in [2.75, 3.05) is 26.4 Å². The first-order valence-electron chi connectivity index (χ1n) is 23.0. The molecule has 0 saturated carbocycles. The van der Waals surface area contributed by atoms with E-state index in [0.717, 1.165) is 51.4 Å². The highest BCUT2D eigenvalue weighted by Gasteiger charge is 2.28. The van der Waals surface area contributed by atoms with Crippen LogP contribution in [0, 0.1) is 0 Å². The Balaban J connectivity index is 4.72. The van der Waals surface area contributed by atoms with Gasteiger partial charge in [0.1, 0.15) is 12.7 Å². The standard InChI is InChI=1S/C48H80O14P2/c1-3-5-7-9-11-12-13-14-15-16-17-18-19-20-21-22-26-30-34-38-47(51)58-42-46(43-61-64(56,57)60-41-45(50)40-59-63(53,54)55)62-48(52)39-35-31-27-24-23-25-29-33-37-44(49)36-32-28-10-8-6-4-2/h11-12,14-15,17-18,20-21,24-25,27-29,32-33,37,44-46,49-50H,3-10,13,16,19,22-23,26,30-31,34-36,38-43H2,1-2H3,(H,56,57)(H2,53,54,55)/b12-11-,15-14-,18-17-,21-20-,27-24-,29-25-,32-28-,37-33+/t44-,45-,46+/m0/s1. The van der Waals surface area contributed by atoms with E-state index < -0.39 is 72.3 Å². The summed E-state index contributed by atoms with van der Waals surface area (Å²) in [6.07, 6.45) is 47.1. The Morgan fingerprint density at radius 1 is 0.516 bits per heavy atom. The molecule has 4 atom stereocenters. The normalized spacial score (nSPS) is 15.3. The van der Waals surface area contributed by atoms with Crippen molar-refractivity contribution in [1.29, 1.82) is 0 Å². The summed E-state index contributed by atoms with van der Waals surface area (Å²) >= 11 is 0. The molecule has 14 nitrogen and oxygen atoms in total. The number of hydrogen-bond donors (Lipinski definition) is 5. The maximum Gasteiger partial charge on any atom is 0.472 e. The van der Waals surface area contributed by atoms with E-state index in [-0.39, 0.29) is 12.8 Å². The van der Waals surface area contributed by atoms with Crippen molar-refractivity contribution in [2.24, 2.45) is 0 Å². The first-order valence-corrected chi connectivity index (χ1v) is 26.1. The first-order chi connectivity index (χ1) is 30.8. The highest BCUT2D eigenvalue weighted by atomic mass is 31.2. The Morgan fingerprint density at radius 2 is 1.00 bits per heavy atom. The van der Waals surface area contributed by atoms with Crippen LogP contribution in [0.3, 0.4) is 0 Å². The predicted octanol–water partition coefficient (Wildman–Crippen LogP) is 11.1. The molecule has 0 radical (unpaired) electrons. The lowest BCUT2D eigenvalue weighted by Crippen LogP contribution is -2.29. The summed E-state index contributed by atoms with van der Waals surface area (Å²) in [6, 6.07) is 0. The summed E-state index contributed by atoms with van der Waals surface area (Å²) < 4.78 is 47.7. The van der Waals surface area contributed by atoms with Crippen molar-refractivity contribution in [2.45, 2.75) is 167 Å². The van der Waals surface area contributed by atoms with E-state index in [9.17, 15) is 33.8 Å². The Morgan fingerprint density at radius 3 is 1.58 bits per heavy atom. The Labute approximate surface area is 383 Å². The molecule has 0 aromatic rings. The fourth-order valence-electron chi connectivity index (χ4n) is 5.47. The maximum absolute atomic E-state index is 12.7. The molecule has 0 aliphatic heterocycles. The van der Waals surface area contributed by atoms with E-state index in [4.69, 9.17) is 23.8 Å². The number of allylic oxidation sites excluding steroid dienone is 14. The second-order valence-corrected chi connectivity index (χ2v) is 17.9. The molecule has 0 aromatic carbocycles. The van der Waals surface area contributed by atoms with Crippen molar-refractivity contribution in [3.05, 3.63) is 97.2 Å². The van der Waals surface area contributed by atoms with Crippen molar-refractivity contribution in [3.8, 4) is 0 Å². The third-order valence-electron chi connectivity index (χ3n) is 9.02. The minimum absolute atomic E-state index is 0.0107. The van der Waals surface area contributed by atoms with Crippen LogP contribution in [0.1, 0.15) is 149 Å². The lowest BCUT2D eigenvalue weighted by atomic mass is 10.1. The van der Waals surface area contributed by atoms with Gasteiger partial charge in [0, 0.05) is 12.8 Å². The van der Waals surface area contributed by atoms with Gasteiger partial charge in [-0.05, 0) is 89.9 Å². The Kier molecular flexibility index (Phi) is 40.6.